The summed E-state index contributed by atoms with van der Waals surface area (Å²) in [5.74, 6) is 1.46. The molecule has 0 heterocycles. The normalized spacial score (nSPS) is 34.2. The van der Waals surface area contributed by atoms with Crippen molar-refractivity contribution in [2.45, 2.75) is 45.6 Å². The minimum atomic E-state index is 0.199. The van der Waals surface area contributed by atoms with Gasteiger partial charge in [-0.15, -0.1) is 0 Å². The maximum Gasteiger partial charge on any atom is 0.0589 e. The van der Waals surface area contributed by atoms with Crippen molar-refractivity contribution in [3.8, 4) is 0 Å². The molecule has 0 spiro atoms. The second kappa shape index (κ2) is 6.72. The van der Waals surface area contributed by atoms with Crippen LogP contribution in [-0.4, -0.2) is 43.8 Å². The van der Waals surface area contributed by atoms with Gasteiger partial charge in [-0.1, -0.05) is 33.6 Å². The quantitative estimate of drug-likeness (QED) is 0.775. The molecule has 1 saturated carbocycles. The summed E-state index contributed by atoms with van der Waals surface area (Å²) in [6.07, 6.45) is 3.91. The third-order valence-corrected chi connectivity index (χ3v) is 4.90. The minimum Gasteiger partial charge on any atom is -0.383 e. The van der Waals surface area contributed by atoms with E-state index in [0.717, 1.165) is 32.2 Å². The zero-order chi connectivity index (χ0) is 12.9. The summed E-state index contributed by atoms with van der Waals surface area (Å²) in [6, 6.07) is 0. The lowest BCUT2D eigenvalue weighted by Crippen LogP contribution is -2.61. The molecule has 17 heavy (non-hydrogen) atoms. The van der Waals surface area contributed by atoms with Crippen molar-refractivity contribution in [3.05, 3.63) is 0 Å². The number of methoxy groups -OCH3 is 1. The molecule has 0 aromatic heterocycles. The monoisotopic (exact) mass is 242 g/mol. The van der Waals surface area contributed by atoms with Crippen LogP contribution < -0.4 is 5.73 Å². The minimum absolute atomic E-state index is 0.199. The predicted molar refractivity (Wildman–Crippen MR) is 73.1 cm³/mol. The van der Waals surface area contributed by atoms with Gasteiger partial charge < -0.3 is 10.5 Å². The van der Waals surface area contributed by atoms with Crippen molar-refractivity contribution in [1.82, 2.24) is 4.90 Å². The van der Waals surface area contributed by atoms with Crippen LogP contribution in [0.3, 0.4) is 0 Å². The number of nitrogens with two attached hydrogens (primary N) is 1. The summed E-state index contributed by atoms with van der Waals surface area (Å²) < 4.78 is 5.23. The molecule has 1 aliphatic rings. The van der Waals surface area contributed by atoms with Crippen LogP contribution in [0.5, 0.6) is 0 Å². The highest BCUT2D eigenvalue weighted by Crippen LogP contribution is 2.40. The molecule has 0 aromatic carbocycles. The van der Waals surface area contributed by atoms with Crippen LogP contribution in [0.2, 0.25) is 0 Å². The van der Waals surface area contributed by atoms with E-state index in [4.69, 9.17) is 10.5 Å². The number of ether oxygens (including phenoxy) is 1. The smallest absolute Gasteiger partial charge is 0.0589 e. The van der Waals surface area contributed by atoms with Gasteiger partial charge in [-0.2, -0.15) is 0 Å². The number of hydrogen-bond donors (Lipinski definition) is 1. The summed E-state index contributed by atoms with van der Waals surface area (Å²) in [5, 5.41) is 0. The van der Waals surface area contributed by atoms with Crippen LogP contribution in [0.25, 0.3) is 0 Å². The van der Waals surface area contributed by atoms with Gasteiger partial charge in [0.15, 0.2) is 0 Å². The summed E-state index contributed by atoms with van der Waals surface area (Å²) in [5.41, 5.74) is 6.36. The van der Waals surface area contributed by atoms with Gasteiger partial charge in [0, 0.05) is 25.7 Å². The van der Waals surface area contributed by atoms with Crippen molar-refractivity contribution in [2.75, 3.05) is 33.4 Å². The van der Waals surface area contributed by atoms with Crippen LogP contribution in [0.1, 0.15) is 40.0 Å². The van der Waals surface area contributed by atoms with E-state index in [9.17, 15) is 0 Å². The highest BCUT2D eigenvalue weighted by atomic mass is 16.5. The molecule has 1 rings (SSSR count). The number of nitrogens with zero attached hydrogens (tertiary/aromatic N) is 1. The lowest BCUT2D eigenvalue weighted by Gasteiger charge is -2.52. The molecule has 3 atom stereocenters. The first-order chi connectivity index (χ1) is 8.12. The molecule has 0 aromatic rings. The average Bonchev–Trinajstić information content (AvgIpc) is 2.35. The predicted octanol–water partition coefficient (Wildman–Crippen LogP) is 2.11. The van der Waals surface area contributed by atoms with Gasteiger partial charge in [-0.05, 0) is 24.8 Å². The highest BCUT2D eigenvalue weighted by Gasteiger charge is 2.44. The van der Waals surface area contributed by atoms with Crippen LogP contribution in [-0.2, 0) is 4.74 Å². The standard InChI is InChI=1S/C14H30N2O/c1-5-16(9-10-17-4)14(11-15)8-6-7-12(2)13(14)3/h12-13H,5-11,15H2,1-4H3. The Labute approximate surface area is 107 Å². The first kappa shape index (κ1) is 14.9. The summed E-state index contributed by atoms with van der Waals surface area (Å²) >= 11 is 0. The van der Waals surface area contributed by atoms with Crippen molar-refractivity contribution in [3.63, 3.8) is 0 Å². The van der Waals surface area contributed by atoms with Gasteiger partial charge in [-0.25, -0.2) is 0 Å². The van der Waals surface area contributed by atoms with Crippen LogP contribution in [0, 0.1) is 11.8 Å². The fraction of sp³-hybridized carbons (Fsp3) is 1.00. The Bertz CT molecular complexity index is 222. The van der Waals surface area contributed by atoms with Gasteiger partial charge in [0.2, 0.25) is 0 Å². The Hall–Kier alpha value is -0.120. The number of hydrogen-bond acceptors (Lipinski definition) is 3. The second-order valence-electron chi connectivity index (χ2n) is 5.54. The molecule has 3 heteroatoms. The van der Waals surface area contributed by atoms with Gasteiger partial charge in [0.05, 0.1) is 6.61 Å². The lowest BCUT2D eigenvalue weighted by atomic mass is 9.67. The van der Waals surface area contributed by atoms with Crippen molar-refractivity contribution in [1.29, 1.82) is 0 Å². The largest absolute Gasteiger partial charge is 0.383 e. The first-order valence-corrected chi connectivity index (χ1v) is 7.06. The molecule has 0 saturated heterocycles. The molecule has 1 aliphatic carbocycles. The van der Waals surface area contributed by atoms with Gasteiger partial charge in [-0.3, -0.25) is 4.90 Å². The molecule has 0 aliphatic heterocycles. The Morgan fingerprint density at radius 1 is 1.41 bits per heavy atom. The molecule has 1 fully saturated rings. The van der Waals surface area contributed by atoms with Gasteiger partial charge in [0.25, 0.3) is 0 Å². The Morgan fingerprint density at radius 2 is 2.12 bits per heavy atom. The fourth-order valence-electron chi connectivity index (χ4n) is 3.50. The van der Waals surface area contributed by atoms with Crippen molar-refractivity contribution >= 4 is 0 Å². The number of rotatable bonds is 6. The van der Waals surface area contributed by atoms with Crippen LogP contribution >= 0.6 is 0 Å². The third-order valence-electron chi connectivity index (χ3n) is 4.90. The molecule has 3 nitrogen and oxygen atoms in total. The van der Waals surface area contributed by atoms with Crippen molar-refractivity contribution in [2.24, 2.45) is 17.6 Å². The molecule has 2 N–H and O–H groups in total. The number of likely N-dealkylation sites (N-methyl/N-ethyl adjacent to an activating group) is 1. The van der Waals surface area contributed by atoms with E-state index in [1.807, 2.05) is 0 Å². The molecule has 3 unspecified atom stereocenters. The molecular formula is C14H30N2O. The Balaban J connectivity index is 2.82. The topological polar surface area (TPSA) is 38.5 Å². The Morgan fingerprint density at radius 3 is 2.65 bits per heavy atom. The maximum atomic E-state index is 6.16. The third kappa shape index (κ3) is 3.01. The van der Waals surface area contributed by atoms with Crippen LogP contribution in [0.15, 0.2) is 0 Å². The summed E-state index contributed by atoms with van der Waals surface area (Å²) in [7, 11) is 1.77. The average molecular weight is 242 g/mol. The van der Waals surface area contributed by atoms with E-state index in [2.05, 4.69) is 25.7 Å². The SMILES string of the molecule is CCN(CCOC)C1(CN)CCCC(C)C1C. The highest BCUT2D eigenvalue weighted by molar-refractivity contribution is 5.00. The lowest BCUT2D eigenvalue weighted by molar-refractivity contribution is -0.0195. The van der Waals surface area contributed by atoms with E-state index in [-0.39, 0.29) is 5.54 Å². The summed E-state index contributed by atoms with van der Waals surface area (Å²) in [4.78, 5) is 2.55. The second-order valence-corrected chi connectivity index (χ2v) is 5.54. The van der Waals surface area contributed by atoms with E-state index in [1.54, 1.807) is 7.11 Å². The summed E-state index contributed by atoms with van der Waals surface area (Å²) in [6.45, 7) is 10.6. The molecule has 0 radical (unpaired) electrons. The molecule has 102 valence electrons. The van der Waals surface area contributed by atoms with E-state index in [0.29, 0.717) is 5.92 Å². The Kier molecular flexibility index (Phi) is 5.90. The zero-order valence-electron chi connectivity index (χ0n) is 12.0. The van der Waals surface area contributed by atoms with E-state index < -0.39 is 0 Å². The maximum absolute atomic E-state index is 6.16. The van der Waals surface area contributed by atoms with Gasteiger partial charge >= 0.3 is 0 Å². The molecule has 0 amide bonds. The van der Waals surface area contributed by atoms with E-state index in [1.165, 1.54) is 19.3 Å². The molecule has 0 bridgehead atoms. The van der Waals surface area contributed by atoms with Crippen LogP contribution in [0.4, 0.5) is 0 Å². The first-order valence-electron chi connectivity index (χ1n) is 7.06. The molecular weight excluding hydrogens is 212 g/mol. The van der Waals surface area contributed by atoms with Gasteiger partial charge in [0.1, 0.15) is 0 Å². The van der Waals surface area contributed by atoms with E-state index >= 15 is 0 Å². The zero-order valence-corrected chi connectivity index (χ0v) is 12.0. The van der Waals surface area contributed by atoms with Crippen molar-refractivity contribution < 1.29 is 4.74 Å². The fourth-order valence-corrected chi connectivity index (χ4v) is 3.50.